The van der Waals surface area contributed by atoms with E-state index in [9.17, 15) is 27.1 Å². The van der Waals surface area contributed by atoms with E-state index in [4.69, 9.17) is 14.2 Å². The first-order chi connectivity index (χ1) is 24.2. The van der Waals surface area contributed by atoms with Crippen LogP contribution in [0.1, 0.15) is 58.9 Å². The number of thiazole rings is 1. The van der Waals surface area contributed by atoms with Crippen LogP contribution in [-0.2, 0) is 35.4 Å². The monoisotopic (exact) mass is 750 g/mol. The van der Waals surface area contributed by atoms with Gasteiger partial charge in [0.1, 0.15) is 17.7 Å². The molecule has 280 valence electrons. The van der Waals surface area contributed by atoms with Crippen LogP contribution in [0.15, 0.2) is 41.3 Å². The lowest BCUT2D eigenvalue weighted by Crippen LogP contribution is -2.52. The van der Waals surface area contributed by atoms with Crippen LogP contribution < -0.4 is 10.6 Å². The van der Waals surface area contributed by atoms with Gasteiger partial charge in [0.05, 0.1) is 46.8 Å². The van der Waals surface area contributed by atoms with Crippen molar-refractivity contribution in [2.45, 2.75) is 101 Å². The van der Waals surface area contributed by atoms with E-state index in [1.54, 1.807) is 12.1 Å². The molecule has 15 heteroatoms. The van der Waals surface area contributed by atoms with Crippen molar-refractivity contribution in [1.29, 1.82) is 0 Å². The van der Waals surface area contributed by atoms with Crippen molar-refractivity contribution in [2.24, 2.45) is 17.8 Å². The number of nitrogens with zero attached hydrogens (tertiary/aromatic N) is 2. The molecule has 1 aliphatic carbocycles. The molecule has 6 atom stereocenters. The summed E-state index contributed by atoms with van der Waals surface area (Å²) < 4.78 is 76.3. The van der Waals surface area contributed by atoms with Crippen LogP contribution in [0, 0.1) is 29.4 Å². The van der Waals surface area contributed by atoms with Gasteiger partial charge in [-0.1, -0.05) is 39.0 Å². The van der Waals surface area contributed by atoms with Gasteiger partial charge >= 0.3 is 5.97 Å². The number of carbonyl (C=O) groups is 1. The topological polar surface area (TPSA) is 139 Å². The zero-order valence-electron chi connectivity index (χ0n) is 29.4. The first-order valence-electron chi connectivity index (χ1n) is 17.7. The number of carbonyl (C=O) groups excluding carboxylic acids is 1. The largest absolute Gasteiger partial charge is 0.459 e. The number of esters is 1. The number of aromatic nitrogens is 1. The molecule has 3 heterocycles. The summed E-state index contributed by atoms with van der Waals surface area (Å²) in [4.78, 5) is 18.2. The van der Waals surface area contributed by atoms with Gasteiger partial charge in [0.15, 0.2) is 11.4 Å². The van der Waals surface area contributed by atoms with E-state index < -0.39 is 52.0 Å². The van der Waals surface area contributed by atoms with E-state index in [2.05, 4.69) is 15.6 Å². The average molecular weight is 751 g/mol. The highest BCUT2D eigenvalue weighted by atomic mass is 32.2. The van der Waals surface area contributed by atoms with E-state index >= 15 is 0 Å². The maximum absolute atomic E-state index is 14.3. The number of halogens is 2. The third-order valence-electron chi connectivity index (χ3n) is 9.43. The number of aliphatic hydroxyl groups excluding tert-OH is 1. The summed E-state index contributed by atoms with van der Waals surface area (Å²) in [7, 11) is -4.12. The molecule has 3 aromatic rings. The summed E-state index contributed by atoms with van der Waals surface area (Å²) in [5.74, 6) is -3.51. The fourth-order valence-electron chi connectivity index (χ4n) is 6.96. The Hall–Kier alpha value is -2.79. The Kier molecular flexibility index (Phi) is 12.0. The van der Waals surface area contributed by atoms with Crippen LogP contribution in [0.5, 0.6) is 0 Å². The maximum atomic E-state index is 14.3. The zero-order valence-corrected chi connectivity index (χ0v) is 31.0. The van der Waals surface area contributed by atoms with Crippen molar-refractivity contribution in [1.82, 2.24) is 14.6 Å². The lowest BCUT2D eigenvalue weighted by molar-refractivity contribution is -0.166. The van der Waals surface area contributed by atoms with Crippen molar-refractivity contribution in [2.75, 3.05) is 31.6 Å². The number of hydrogen-bond donors (Lipinski definition) is 3. The Morgan fingerprint density at radius 3 is 2.51 bits per heavy atom. The molecule has 2 saturated heterocycles. The molecule has 0 spiro atoms. The second kappa shape index (κ2) is 16.1. The van der Waals surface area contributed by atoms with E-state index in [1.165, 1.54) is 21.7 Å². The molecule has 0 radical (unpaired) electrons. The molecule has 11 nitrogen and oxygen atoms in total. The van der Waals surface area contributed by atoms with Gasteiger partial charge in [-0.25, -0.2) is 22.2 Å². The molecule has 3 N–H and O–H groups in total. The minimum atomic E-state index is -4.12. The summed E-state index contributed by atoms with van der Waals surface area (Å²) in [6, 6.07) is 8.40. The van der Waals surface area contributed by atoms with E-state index in [0.29, 0.717) is 22.9 Å². The Labute approximate surface area is 302 Å². The molecule has 6 rings (SSSR count). The number of sulfonamides is 1. The van der Waals surface area contributed by atoms with Crippen LogP contribution >= 0.6 is 11.3 Å². The number of rotatable bonds is 16. The lowest BCUT2D eigenvalue weighted by Gasteiger charge is -2.36. The van der Waals surface area contributed by atoms with Crippen molar-refractivity contribution in [3.8, 4) is 0 Å². The molecule has 2 aromatic carbocycles. The zero-order chi connectivity index (χ0) is 36.4. The van der Waals surface area contributed by atoms with Gasteiger partial charge in [0, 0.05) is 43.2 Å². The Morgan fingerprint density at radius 1 is 1.08 bits per heavy atom. The quantitative estimate of drug-likeness (QED) is 0.170. The van der Waals surface area contributed by atoms with Crippen molar-refractivity contribution in [3.63, 3.8) is 0 Å². The summed E-state index contributed by atoms with van der Waals surface area (Å²) >= 11 is 1.39. The van der Waals surface area contributed by atoms with Gasteiger partial charge in [-0.15, -0.1) is 0 Å². The summed E-state index contributed by atoms with van der Waals surface area (Å²) in [5, 5.41) is 19.3. The Bertz CT molecular complexity index is 1770. The molecule has 0 bridgehead atoms. The van der Waals surface area contributed by atoms with Gasteiger partial charge in [-0.2, -0.15) is 4.31 Å². The molecular formula is C36H48F2N4O7S2. The highest BCUT2D eigenvalue weighted by Crippen LogP contribution is 2.35. The SMILES string of the molecule is CC(C)CN(C[C@@H](O)[C@@H](CC(=O)O[C@@H]1CO[C@@H]2OCC[C@@H](NC(C)C)[C@@H]21)Cc1cc(F)cc(F)c1)S(=O)(=O)c1ccc2nc(NC3CC3)sc2c1. The standard InChI is InChI=1S/C36H48F2N4O7S2/c1-20(2)17-42(51(45,46)27-7-8-28-32(16-27)50-36(41-28)40-26-5-6-26)18-30(43)23(11-22-12-24(37)15-25(38)13-22)14-33(44)49-31-19-48-35-34(31)29(9-10-47-35)39-21(3)4/h7-8,12-13,15-16,20-21,23,26,29-31,34-35,39,43H,5-6,9-11,14,17-19H2,1-4H3,(H,40,41)/t23-,29-,30-,31-,34-,35+/m1/s1. The van der Waals surface area contributed by atoms with E-state index in [-0.39, 0.29) is 66.9 Å². The highest BCUT2D eigenvalue weighted by Gasteiger charge is 2.48. The summed E-state index contributed by atoms with van der Waals surface area (Å²) in [5.41, 5.74) is 0.906. The molecule has 51 heavy (non-hydrogen) atoms. The molecule has 2 aliphatic heterocycles. The van der Waals surface area contributed by atoms with Crippen LogP contribution in [0.25, 0.3) is 10.2 Å². The second-order valence-electron chi connectivity index (χ2n) is 14.7. The first-order valence-corrected chi connectivity index (χ1v) is 20.0. The summed E-state index contributed by atoms with van der Waals surface area (Å²) in [6.45, 7) is 8.20. The maximum Gasteiger partial charge on any atom is 0.306 e. The molecule has 3 fully saturated rings. The Morgan fingerprint density at radius 2 is 1.82 bits per heavy atom. The normalized spacial score (nSPS) is 23.6. The third kappa shape index (κ3) is 9.61. The number of aliphatic hydroxyl groups is 1. The molecule has 1 aromatic heterocycles. The first kappa shape index (κ1) is 38.0. The smallest absolute Gasteiger partial charge is 0.306 e. The molecule has 0 amide bonds. The molecule has 3 aliphatic rings. The van der Waals surface area contributed by atoms with Gasteiger partial charge < -0.3 is 30.0 Å². The number of nitrogens with one attached hydrogen (secondary N) is 2. The number of benzene rings is 2. The number of fused-ring (bicyclic) bond motifs is 2. The van der Waals surface area contributed by atoms with Crippen LogP contribution in [0.4, 0.5) is 13.9 Å². The predicted molar refractivity (Wildman–Crippen MR) is 190 cm³/mol. The molecular weight excluding hydrogens is 703 g/mol. The summed E-state index contributed by atoms with van der Waals surface area (Å²) in [6.07, 6.45) is -0.0652. The fraction of sp³-hybridized carbons (Fsp3) is 0.611. The average Bonchev–Trinajstić information content (AvgIpc) is 3.61. The van der Waals surface area contributed by atoms with Crippen LogP contribution in [0.2, 0.25) is 0 Å². The second-order valence-corrected chi connectivity index (χ2v) is 17.7. The molecule has 1 saturated carbocycles. The van der Waals surface area contributed by atoms with Gasteiger partial charge in [0.25, 0.3) is 0 Å². The predicted octanol–water partition coefficient (Wildman–Crippen LogP) is 5.08. The third-order valence-corrected chi connectivity index (χ3v) is 12.2. The Balaban J connectivity index is 1.22. The number of hydrogen-bond acceptors (Lipinski definition) is 11. The van der Waals surface area contributed by atoms with Crippen molar-refractivity contribution in [3.05, 3.63) is 53.6 Å². The van der Waals surface area contributed by atoms with E-state index in [0.717, 1.165) is 42.6 Å². The van der Waals surface area contributed by atoms with Gasteiger partial charge in [-0.05, 0) is 67.5 Å². The van der Waals surface area contributed by atoms with E-state index in [1.807, 2.05) is 27.7 Å². The van der Waals surface area contributed by atoms with Crippen molar-refractivity contribution >= 4 is 42.7 Å². The van der Waals surface area contributed by atoms with Gasteiger partial charge in [-0.3, -0.25) is 4.79 Å². The lowest BCUT2D eigenvalue weighted by atomic mass is 9.89. The van der Waals surface area contributed by atoms with Crippen LogP contribution in [-0.4, -0.2) is 91.7 Å². The number of ether oxygens (including phenoxy) is 3. The minimum absolute atomic E-state index is 0.000679. The van der Waals surface area contributed by atoms with Gasteiger partial charge in [0.2, 0.25) is 10.0 Å². The van der Waals surface area contributed by atoms with Crippen molar-refractivity contribution < 1.29 is 41.3 Å². The fourth-order valence-corrected chi connectivity index (χ4v) is 9.66. The minimum Gasteiger partial charge on any atom is -0.459 e. The highest BCUT2D eigenvalue weighted by molar-refractivity contribution is 7.89. The van der Waals surface area contributed by atoms with Crippen LogP contribution in [0.3, 0.4) is 0 Å². The number of anilines is 1. The molecule has 0 unspecified atom stereocenters.